The number of amides is 1. The van der Waals surface area contributed by atoms with E-state index in [2.05, 4.69) is 5.32 Å². The first-order chi connectivity index (χ1) is 9.70. The van der Waals surface area contributed by atoms with Gasteiger partial charge < -0.3 is 20.8 Å². The molecule has 1 aromatic carbocycles. The van der Waals surface area contributed by atoms with E-state index in [0.29, 0.717) is 6.42 Å². The summed E-state index contributed by atoms with van der Waals surface area (Å²) in [5.74, 6) is -1.69. The van der Waals surface area contributed by atoms with E-state index in [0.717, 1.165) is 5.56 Å². The minimum atomic E-state index is -4.39. The van der Waals surface area contributed by atoms with Gasteiger partial charge in [-0.2, -0.15) is 0 Å². The molecule has 5 N–H and O–H groups in total. The van der Waals surface area contributed by atoms with Crippen LogP contribution in [0.4, 0.5) is 0 Å². The zero-order valence-electron chi connectivity index (χ0n) is 12.3. The molecule has 7 heteroatoms. The van der Waals surface area contributed by atoms with Crippen LogP contribution in [0.25, 0.3) is 0 Å². The Morgan fingerprint density at radius 1 is 1.29 bits per heavy atom. The summed E-state index contributed by atoms with van der Waals surface area (Å²) < 4.78 is 11.4. The smallest absolute Gasteiger partial charge is 0.341 e. The second kappa shape index (κ2) is 7.71. The van der Waals surface area contributed by atoms with Gasteiger partial charge in [0.05, 0.1) is 6.04 Å². The lowest BCUT2D eigenvalue weighted by atomic mass is 10.1. The van der Waals surface area contributed by atoms with E-state index in [9.17, 15) is 19.1 Å². The molecule has 2 atom stereocenters. The van der Waals surface area contributed by atoms with Crippen molar-refractivity contribution < 1.29 is 19.1 Å². The quantitative estimate of drug-likeness (QED) is 0.565. The van der Waals surface area contributed by atoms with Crippen LogP contribution in [0.5, 0.6) is 0 Å². The first kappa shape index (κ1) is 17.9. The summed E-state index contributed by atoms with van der Waals surface area (Å²) in [5.41, 5.74) is 6.71. The van der Waals surface area contributed by atoms with Crippen LogP contribution in [0.15, 0.2) is 30.3 Å². The van der Waals surface area contributed by atoms with Crippen molar-refractivity contribution in [3.8, 4) is 0 Å². The third-order valence-corrected chi connectivity index (χ3v) is 4.20. The van der Waals surface area contributed by atoms with Crippen molar-refractivity contribution in [3.63, 3.8) is 0 Å². The van der Waals surface area contributed by atoms with Crippen LogP contribution >= 0.6 is 7.60 Å². The van der Waals surface area contributed by atoms with Crippen molar-refractivity contribution in [1.29, 1.82) is 0 Å². The Morgan fingerprint density at radius 2 is 1.86 bits per heavy atom. The van der Waals surface area contributed by atoms with Crippen LogP contribution in [0.2, 0.25) is 0 Å². The fourth-order valence-electron chi connectivity index (χ4n) is 1.96. The molecule has 0 fully saturated rings. The van der Waals surface area contributed by atoms with Crippen molar-refractivity contribution in [1.82, 2.24) is 5.32 Å². The maximum Gasteiger partial charge on any atom is 0.347 e. The number of hydrogen-bond donors (Lipinski definition) is 4. The Hall–Kier alpha value is -1.20. The summed E-state index contributed by atoms with van der Waals surface area (Å²) in [4.78, 5) is 30.6. The first-order valence-corrected chi connectivity index (χ1v) is 8.53. The van der Waals surface area contributed by atoms with Crippen LogP contribution in [0.1, 0.15) is 25.8 Å². The van der Waals surface area contributed by atoms with Crippen molar-refractivity contribution in [2.75, 3.05) is 0 Å². The summed E-state index contributed by atoms with van der Waals surface area (Å²) in [5, 5.41) is 2.38. The predicted octanol–water partition coefficient (Wildman–Crippen LogP) is 1.22. The van der Waals surface area contributed by atoms with Crippen LogP contribution in [0, 0.1) is 5.92 Å². The van der Waals surface area contributed by atoms with E-state index >= 15 is 0 Å². The molecule has 6 nitrogen and oxygen atoms in total. The molecule has 0 bridgehead atoms. The molecule has 0 aromatic heterocycles. The number of benzene rings is 1. The Bertz CT molecular complexity index is 501. The Kier molecular flexibility index (Phi) is 6.55. The number of nitrogens with one attached hydrogen (secondary N) is 1. The highest BCUT2D eigenvalue weighted by molar-refractivity contribution is 7.52. The Morgan fingerprint density at radius 3 is 2.33 bits per heavy atom. The van der Waals surface area contributed by atoms with Gasteiger partial charge in [-0.3, -0.25) is 9.36 Å². The number of hydrogen-bond acceptors (Lipinski definition) is 3. The maximum absolute atomic E-state index is 12.0. The molecule has 0 aliphatic carbocycles. The molecule has 0 aliphatic rings. The molecule has 1 amide bonds. The lowest BCUT2D eigenvalue weighted by Crippen LogP contribution is -2.46. The van der Waals surface area contributed by atoms with Gasteiger partial charge in [0.15, 0.2) is 0 Å². The molecule has 0 radical (unpaired) electrons. The zero-order chi connectivity index (χ0) is 16.0. The van der Waals surface area contributed by atoms with E-state index in [1.807, 2.05) is 44.2 Å². The lowest BCUT2D eigenvalue weighted by Gasteiger charge is -2.23. The van der Waals surface area contributed by atoms with Gasteiger partial charge in [-0.25, -0.2) is 0 Å². The van der Waals surface area contributed by atoms with Crippen LogP contribution < -0.4 is 11.1 Å². The molecule has 1 rings (SSSR count). The minimum absolute atomic E-state index is 0.0493. The monoisotopic (exact) mass is 314 g/mol. The fraction of sp³-hybridized carbons (Fsp3) is 0.500. The normalized spacial score (nSPS) is 14.8. The van der Waals surface area contributed by atoms with Gasteiger partial charge >= 0.3 is 7.60 Å². The van der Waals surface area contributed by atoms with Gasteiger partial charge in [0.1, 0.15) is 5.78 Å². The highest BCUT2D eigenvalue weighted by atomic mass is 31.2. The van der Waals surface area contributed by atoms with Crippen LogP contribution in [-0.4, -0.2) is 27.5 Å². The number of carbonyl (C=O) groups is 1. The average molecular weight is 314 g/mol. The van der Waals surface area contributed by atoms with Gasteiger partial charge in [0.2, 0.25) is 5.91 Å². The standard InChI is InChI=1S/C14H23N2O4P/c1-10(2)8-13(21(18,19)20)16-14(17)12(15)9-11-6-4-3-5-7-11/h3-7,10,12-13H,8-9,15H2,1-2H3,(H,16,17)(H2,18,19,20)/t12-,13-/m0/s1. The van der Waals surface area contributed by atoms with Gasteiger partial charge in [0.25, 0.3) is 0 Å². The summed E-state index contributed by atoms with van der Waals surface area (Å²) in [6.07, 6.45) is 0.524. The molecule has 0 unspecified atom stereocenters. The first-order valence-electron chi connectivity index (χ1n) is 6.85. The van der Waals surface area contributed by atoms with E-state index in [4.69, 9.17) is 5.73 Å². The number of carbonyl (C=O) groups excluding carboxylic acids is 1. The van der Waals surface area contributed by atoms with Crippen LogP contribution in [-0.2, 0) is 15.8 Å². The summed E-state index contributed by atoms with van der Waals surface area (Å²) >= 11 is 0. The van der Waals surface area contributed by atoms with Crippen molar-refractivity contribution in [2.45, 2.75) is 38.5 Å². The Labute approximate surface area is 124 Å². The molecule has 0 saturated heterocycles. The summed E-state index contributed by atoms with van der Waals surface area (Å²) in [6.45, 7) is 3.66. The number of rotatable bonds is 7. The summed E-state index contributed by atoms with van der Waals surface area (Å²) in [7, 11) is -4.39. The molecular weight excluding hydrogens is 291 g/mol. The van der Waals surface area contributed by atoms with Gasteiger partial charge in [0, 0.05) is 0 Å². The van der Waals surface area contributed by atoms with Crippen molar-refractivity contribution in [2.24, 2.45) is 11.7 Å². The topological polar surface area (TPSA) is 113 Å². The molecule has 0 saturated carbocycles. The van der Waals surface area contributed by atoms with E-state index < -0.39 is 25.3 Å². The fourth-order valence-corrected chi connectivity index (χ4v) is 2.95. The molecule has 0 aliphatic heterocycles. The van der Waals surface area contributed by atoms with Gasteiger partial charge in [-0.15, -0.1) is 0 Å². The molecule has 118 valence electrons. The molecular formula is C14H23N2O4P. The van der Waals surface area contributed by atoms with E-state index in [1.165, 1.54) is 0 Å². The lowest BCUT2D eigenvalue weighted by molar-refractivity contribution is -0.122. The summed E-state index contributed by atoms with van der Waals surface area (Å²) in [6, 6.07) is 8.41. The van der Waals surface area contributed by atoms with E-state index in [1.54, 1.807) is 0 Å². The zero-order valence-corrected chi connectivity index (χ0v) is 13.2. The largest absolute Gasteiger partial charge is 0.347 e. The van der Waals surface area contributed by atoms with Crippen LogP contribution in [0.3, 0.4) is 0 Å². The molecule has 1 aromatic rings. The number of nitrogens with two attached hydrogens (primary N) is 1. The molecule has 0 spiro atoms. The van der Waals surface area contributed by atoms with Gasteiger partial charge in [-0.1, -0.05) is 44.2 Å². The van der Waals surface area contributed by atoms with E-state index in [-0.39, 0.29) is 12.3 Å². The van der Waals surface area contributed by atoms with Crippen molar-refractivity contribution >= 4 is 13.5 Å². The second-order valence-electron chi connectivity index (χ2n) is 5.54. The average Bonchev–Trinajstić information content (AvgIpc) is 2.37. The predicted molar refractivity (Wildman–Crippen MR) is 81.6 cm³/mol. The van der Waals surface area contributed by atoms with Crippen molar-refractivity contribution in [3.05, 3.63) is 35.9 Å². The highest BCUT2D eigenvalue weighted by Gasteiger charge is 2.32. The SMILES string of the molecule is CC(C)C[C@@H](NC(=O)[C@@H](N)Cc1ccccc1)P(=O)(O)O. The second-order valence-corrected chi connectivity index (χ2v) is 7.34. The maximum atomic E-state index is 12.0. The van der Waals surface area contributed by atoms with Gasteiger partial charge in [-0.05, 0) is 24.3 Å². The third-order valence-electron chi connectivity index (χ3n) is 3.04. The highest BCUT2D eigenvalue weighted by Crippen LogP contribution is 2.42. The Balaban J connectivity index is 2.66. The molecule has 21 heavy (non-hydrogen) atoms. The third kappa shape index (κ3) is 6.40. The molecule has 0 heterocycles. The minimum Gasteiger partial charge on any atom is -0.341 e.